The van der Waals surface area contributed by atoms with Crippen LogP contribution < -0.4 is 5.32 Å². The highest BCUT2D eigenvalue weighted by molar-refractivity contribution is 9.11. The van der Waals surface area contributed by atoms with E-state index < -0.39 is 10.0 Å². The molecule has 0 amide bonds. The lowest BCUT2D eigenvalue weighted by molar-refractivity contribution is 0.335. The van der Waals surface area contributed by atoms with Gasteiger partial charge >= 0.3 is 0 Å². The summed E-state index contributed by atoms with van der Waals surface area (Å²) in [6.07, 6.45) is 1.67. The molecule has 4 nitrogen and oxygen atoms in total. The first kappa shape index (κ1) is 16.4. The van der Waals surface area contributed by atoms with E-state index >= 15 is 0 Å². The van der Waals surface area contributed by atoms with Gasteiger partial charge in [-0.05, 0) is 53.5 Å². The van der Waals surface area contributed by atoms with Crippen molar-refractivity contribution in [3.8, 4) is 0 Å². The molecule has 0 aromatic heterocycles. The fraction of sp³-hybridized carbons (Fsp3) is 0.538. The maximum atomic E-state index is 12.9. The third-order valence-corrected chi connectivity index (χ3v) is 6.80. The van der Waals surface area contributed by atoms with Crippen molar-refractivity contribution < 1.29 is 8.42 Å². The molecule has 20 heavy (non-hydrogen) atoms. The summed E-state index contributed by atoms with van der Waals surface area (Å²) in [5.74, 6) is 0. The van der Waals surface area contributed by atoms with Gasteiger partial charge in [0.05, 0.1) is 4.90 Å². The quantitative estimate of drug-likeness (QED) is 0.788. The fourth-order valence-electron chi connectivity index (χ4n) is 2.41. The molecular formula is C13H18Br2N2O2S. The molecule has 1 N–H and O–H groups in total. The molecule has 112 valence electrons. The van der Waals surface area contributed by atoms with Crippen molar-refractivity contribution in [3.05, 3.63) is 27.1 Å². The minimum absolute atomic E-state index is 0.0471. The molecule has 1 aromatic carbocycles. The first-order valence-electron chi connectivity index (χ1n) is 6.64. The van der Waals surface area contributed by atoms with Crippen LogP contribution >= 0.6 is 31.9 Å². The van der Waals surface area contributed by atoms with Gasteiger partial charge in [0.25, 0.3) is 0 Å². The van der Waals surface area contributed by atoms with Crippen LogP contribution in [-0.4, -0.2) is 38.4 Å². The molecule has 1 saturated heterocycles. The molecule has 0 spiro atoms. The Labute approximate surface area is 137 Å². The van der Waals surface area contributed by atoms with Crippen molar-refractivity contribution in [3.63, 3.8) is 0 Å². The number of sulfonamides is 1. The molecule has 0 bridgehead atoms. The summed E-state index contributed by atoms with van der Waals surface area (Å²) in [5.41, 5.74) is 0. The van der Waals surface area contributed by atoms with Gasteiger partial charge in [0, 0.05) is 28.1 Å². The van der Waals surface area contributed by atoms with Crippen LogP contribution in [0.1, 0.15) is 19.8 Å². The molecule has 7 heteroatoms. The Bertz CT molecular complexity index is 572. The predicted molar refractivity (Wildman–Crippen MR) is 87.3 cm³/mol. The van der Waals surface area contributed by atoms with E-state index in [1.54, 1.807) is 16.4 Å². The second-order valence-electron chi connectivity index (χ2n) is 4.84. The molecule has 0 radical (unpaired) electrons. The van der Waals surface area contributed by atoms with Crippen molar-refractivity contribution in [2.24, 2.45) is 0 Å². The maximum Gasteiger partial charge on any atom is 0.244 e. The summed E-state index contributed by atoms with van der Waals surface area (Å²) in [5, 5.41) is 3.23. The SMILES string of the molecule is CCCN(C1CCNC1)S(=O)(=O)c1cc(Br)ccc1Br. The largest absolute Gasteiger partial charge is 0.315 e. The Morgan fingerprint density at radius 1 is 1.40 bits per heavy atom. The summed E-state index contributed by atoms with van der Waals surface area (Å²) in [7, 11) is -3.48. The van der Waals surface area contributed by atoms with E-state index in [0.717, 1.165) is 30.4 Å². The third kappa shape index (κ3) is 3.44. The van der Waals surface area contributed by atoms with E-state index in [9.17, 15) is 8.42 Å². The first-order chi connectivity index (χ1) is 9.46. The topological polar surface area (TPSA) is 49.4 Å². The summed E-state index contributed by atoms with van der Waals surface area (Å²) in [6, 6.07) is 5.29. The van der Waals surface area contributed by atoms with Crippen LogP contribution in [0.3, 0.4) is 0 Å². The van der Waals surface area contributed by atoms with Crippen molar-refractivity contribution in [2.45, 2.75) is 30.7 Å². The van der Waals surface area contributed by atoms with Crippen molar-refractivity contribution >= 4 is 41.9 Å². The first-order valence-corrected chi connectivity index (χ1v) is 9.67. The van der Waals surface area contributed by atoms with Crippen molar-refractivity contribution in [1.82, 2.24) is 9.62 Å². The number of benzene rings is 1. The van der Waals surface area contributed by atoms with Crippen LogP contribution in [0.5, 0.6) is 0 Å². The normalized spacial score (nSPS) is 19.7. The average Bonchev–Trinajstić information content (AvgIpc) is 2.92. The molecule has 1 aromatic rings. The van der Waals surface area contributed by atoms with Gasteiger partial charge in [-0.3, -0.25) is 0 Å². The number of nitrogens with zero attached hydrogens (tertiary/aromatic N) is 1. The maximum absolute atomic E-state index is 12.9. The van der Waals surface area contributed by atoms with Gasteiger partial charge in [-0.25, -0.2) is 8.42 Å². The lowest BCUT2D eigenvalue weighted by atomic mass is 10.2. The van der Waals surface area contributed by atoms with Gasteiger partial charge in [0.1, 0.15) is 0 Å². The van der Waals surface area contributed by atoms with Crippen LogP contribution in [0, 0.1) is 0 Å². The highest BCUT2D eigenvalue weighted by Gasteiger charge is 2.33. The number of nitrogens with one attached hydrogen (secondary N) is 1. The number of hydrogen-bond donors (Lipinski definition) is 1. The second-order valence-corrected chi connectivity index (χ2v) is 8.47. The Morgan fingerprint density at radius 3 is 2.75 bits per heavy atom. The van der Waals surface area contributed by atoms with Crippen LogP contribution in [-0.2, 0) is 10.0 Å². The molecule has 1 aliphatic rings. The van der Waals surface area contributed by atoms with Gasteiger partial charge < -0.3 is 5.32 Å². The van der Waals surface area contributed by atoms with E-state index in [2.05, 4.69) is 37.2 Å². The Hall–Kier alpha value is 0.0500. The number of halogens is 2. The van der Waals surface area contributed by atoms with Crippen LogP contribution in [0.2, 0.25) is 0 Å². The van der Waals surface area contributed by atoms with Crippen LogP contribution in [0.4, 0.5) is 0 Å². The second kappa shape index (κ2) is 6.87. The zero-order valence-electron chi connectivity index (χ0n) is 11.3. The average molecular weight is 426 g/mol. The number of hydrogen-bond acceptors (Lipinski definition) is 3. The highest BCUT2D eigenvalue weighted by atomic mass is 79.9. The Kier molecular flexibility index (Phi) is 5.64. The minimum Gasteiger partial charge on any atom is -0.315 e. The molecule has 1 heterocycles. The zero-order chi connectivity index (χ0) is 14.8. The lowest BCUT2D eigenvalue weighted by Gasteiger charge is -2.27. The van der Waals surface area contributed by atoms with Crippen LogP contribution in [0.25, 0.3) is 0 Å². The lowest BCUT2D eigenvalue weighted by Crippen LogP contribution is -2.42. The summed E-state index contributed by atoms with van der Waals surface area (Å²) in [6.45, 7) is 4.15. The number of rotatable bonds is 5. The standard InChI is InChI=1S/C13H18Br2N2O2S/c1-2-7-17(11-5-6-16-9-11)20(18,19)13-8-10(14)3-4-12(13)15/h3-4,8,11,16H,2,5-7,9H2,1H3. The van der Waals surface area contributed by atoms with Crippen molar-refractivity contribution in [1.29, 1.82) is 0 Å². The van der Waals surface area contributed by atoms with E-state index in [1.807, 2.05) is 13.0 Å². The molecule has 2 rings (SSSR count). The molecule has 1 unspecified atom stereocenters. The highest BCUT2D eigenvalue weighted by Crippen LogP contribution is 2.30. The fourth-order valence-corrected chi connectivity index (χ4v) is 5.62. The van der Waals surface area contributed by atoms with E-state index in [0.29, 0.717) is 15.9 Å². The van der Waals surface area contributed by atoms with E-state index in [1.165, 1.54) is 0 Å². The monoisotopic (exact) mass is 424 g/mol. The minimum atomic E-state index is -3.48. The van der Waals surface area contributed by atoms with E-state index in [-0.39, 0.29) is 6.04 Å². The van der Waals surface area contributed by atoms with Crippen molar-refractivity contribution in [2.75, 3.05) is 19.6 Å². The summed E-state index contributed by atoms with van der Waals surface area (Å²) < 4.78 is 28.9. The van der Waals surface area contributed by atoms with Gasteiger partial charge in [-0.15, -0.1) is 0 Å². The van der Waals surface area contributed by atoms with Crippen LogP contribution in [0.15, 0.2) is 32.0 Å². The molecule has 1 atom stereocenters. The molecule has 0 saturated carbocycles. The van der Waals surface area contributed by atoms with Gasteiger partial charge in [-0.1, -0.05) is 22.9 Å². The molecule has 1 fully saturated rings. The van der Waals surface area contributed by atoms with Gasteiger partial charge in [0.2, 0.25) is 10.0 Å². The zero-order valence-corrected chi connectivity index (χ0v) is 15.3. The predicted octanol–water partition coefficient (Wildman–Crippen LogP) is 2.97. The third-order valence-electron chi connectivity index (χ3n) is 3.37. The Morgan fingerprint density at radius 2 is 2.15 bits per heavy atom. The molecular weight excluding hydrogens is 408 g/mol. The van der Waals surface area contributed by atoms with E-state index in [4.69, 9.17) is 0 Å². The molecule has 0 aliphatic carbocycles. The van der Waals surface area contributed by atoms with Gasteiger partial charge in [0.15, 0.2) is 0 Å². The molecule has 1 aliphatic heterocycles. The summed E-state index contributed by atoms with van der Waals surface area (Å²) >= 11 is 6.70. The Balaban J connectivity index is 2.41. The van der Waals surface area contributed by atoms with Gasteiger partial charge in [-0.2, -0.15) is 4.31 Å². The smallest absolute Gasteiger partial charge is 0.244 e. The summed E-state index contributed by atoms with van der Waals surface area (Å²) in [4.78, 5) is 0.326.